The van der Waals surface area contributed by atoms with Crippen molar-refractivity contribution in [2.24, 2.45) is 0 Å². The van der Waals surface area contributed by atoms with Gasteiger partial charge >= 0.3 is 0 Å². The van der Waals surface area contributed by atoms with Gasteiger partial charge in [0, 0.05) is 18.8 Å². The summed E-state index contributed by atoms with van der Waals surface area (Å²) < 4.78 is 24.1. The van der Waals surface area contributed by atoms with Crippen molar-refractivity contribution in [2.45, 2.75) is 25.0 Å². The number of halogens is 3. The van der Waals surface area contributed by atoms with E-state index in [0.717, 1.165) is 19.4 Å². The number of nitrogens with one attached hydrogen (secondary N) is 1. The molecule has 4 nitrogen and oxygen atoms in total. The van der Waals surface area contributed by atoms with E-state index in [1.807, 2.05) is 0 Å². The van der Waals surface area contributed by atoms with E-state index >= 15 is 0 Å². The molecule has 1 aliphatic rings. The second-order valence-electron chi connectivity index (χ2n) is 4.96. The van der Waals surface area contributed by atoms with Crippen LogP contribution in [0.2, 0.25) is 10.0 Å². The number of aliphatic hydroxyl groups is 1. The molecule has 0 aromatic heterocycles. The Balaban J connectivity index is 1.69. The third-order valence-electron chi connectivity index (χ3n) is 3.16. The molecule has 2 unspecified atom stereocenters. The van der Waals surface area contributed by atoms with Gasteiger partial charge in [0.15, 0.2) is 5.82 Å². The molecule has 0 bridgehead atoms. The van der Waals surface area contributed by atoms with Crippen LogP contribution in [-0.4, -0.2) is 43.7 Å². The molecule has 0 saturated carbocycles. The summed E-state index contributed by atoms with van der Waals surface area (Å²) in [4.78, 5) is 0. The molecule has 1 aliphatic heterocycles. The van der Waals surface area contributed by atoms with E-state index < -0.39 is 11.9 Å². The monoisotopic (exact) mass is 337 g/mol. The third kappa shape index (κ3) is 5.27. The zero-order valence-electron chi connectivity index (χ0n) is 11.4. The molecule has 7 heteroatoms. The van der Waals surface area contributed by atoms with Crippen molar-refractivity contribution in [1.29, 1.82) is 0 Å². The Kier molecular flexibility index (Phi) is 6.51. The molecule has 1 fully saturated rings. The largest absolute Gasteiger partial charge is 0.389 e. The minimum absolute atomic E-state index is 0.0610. The molecular formula is C14H18Cl2FNO3. The Morgan fingerprint density at radius 1 is 1.43 bits per heavy atom. The van der Waals surface area contributed by atoms with E-state index in [0.29, 0.717) is 12.3 Å². The topological polar surface area (TPSA) is 50.7 Å². The molecule has 21 heavy (non-hydrogen) atoms. The van der Waals surface area contributed by atoms with Gasteiger partial charge in [-0.2, -0.15) is 0 Å². The lowest BCUT2D eigenvalue weighted by Gasteiger charge is -2.15. The number of hydrogen-bond acceptors (Lipinski definition) is 4. The van der Waals surface area contributed by atoms with Gasteiger partial charge in [-0.1, -0.05) is 23.2 Å². The normalized spacial score (nSPS) is 19.7. The van der Waals surface area contributed by atoms with Crippen molar-refractivity contribution in [3.8, 4) is 0 Å². The first-order chi connectivity index (χ1) is 10.1. The summed E-state index contributed by atoms with van der Waals surface area (Å²) in [5, 5.41) is 12.6. The van der Waals surface area contributed by atoms with Crippen molar-refractivity contribution in [3.05, 3.63) is 28.0 Å². The maximum Gasteiger partial charge on any atom is 0.160 e. The summed E-state index contributed by atoms with van der Waals surface area (Å²) in [7, 11) is 0. The summed E-state index contributed by atoms with van der Waals surface area (Å²) in [5.41, 5.74) is 0.546. The first-order valence-corrected chi connectivity index (χ1v) is 7.57. The second-order valence-corrected chi connectivity index (χ2v) is 5.78. The molecule has 0 radical (unpaired) electrons. The van der Waals surface area contributed by atoms with Gasteiger partial charge in [0.2, 0.25) is 0 Å². The zero-order valence-corrected chi connectivity index (χ0v) is 13.0. The summed E-state index contributed by atoms with van der Waals surface area (Å²) in [5.74, 6) is -0.649. The van der Waals surface area contributed by atoms with Crippen molar-refractivity contribution in [3.63, 3.8) is 0 Å². The lowest BCUT2D eigenvalue weighted by Crippen LogP contribution is -2.27. The lowest BCUT2D eigenvalue weighted by molar-refractivity contribution is -0.0137. The second kappa shape index (κ2) is 8.15. The summed E-state index contributed by atoms with van der Waals surface area (Å²) in [6.07, 6.45) is 1.51. The fourth-order valence-corrected chi connectivity index (χ4v) is 2.55. The Bertz CT molecular complexity index is 447. The molecule has 1 aromatic rings. The fourth-order valence-electron chi connectivity index (χ4n) is 2.06. The highest BCUT2D eigenvalue weighted by molar-refractivity contribution is 6.35. The Morgan fingerprint density at radius 3 is 2.76 bits per heavy atom. The number of rotatable bonds is 7. The molecule has 118 valence electrons. The fraction of sp³-hybridized carbons (Fsp3) is 0.571. The molecule has 1 heterocycles. The summed E-state index contributed by atoms with van der Waals surface area (Å²) >= 11 is 11.4. The summed E-state index contributed by atoms with van der Waals surface area (Å²) in [6, 6.07) is 2.84. The Labute approximate surface area is 133 Å². The molecule has 0 spiro atoms. The molecule has 2 N–H and O–H groups in total. The standard InChI is InChI=1S/C14H18Cl2FNO3/c15-12-4-9(5-13(16)14(12)17)18-6-10(19)7-20-8-11-2-1-3-21-11/h4-5,10-11,18-19H,1-3,6-8H2. The van der Waals surface area contributed by atoms with Crippen LogP contribution in [0.3, 0.4) is 0 Å². The average molecular weight is 338 g/mol. The maximum absolute atomic E-state index is 13.3. The minimum Gasteiger partial charge on any atom is -0.389 e. The highest BCUT2D eigenvalue weighted by Gasteiger charge is 2.16. The van der Waals surface area contributed by atoms with E-state index in [1.54, 1.807) is 0 Å². The van der Waals surface area contributed by atoms with Crippen LogP contribution in [-0.2, 0) is 9.47 Å². The Hall–Kier alpha value is -0.590. The number of ether oxygens (including phenoxy) is 2. The van der Waals surface area contributed by atoms with Gasteiger partial charge in [0.25, 0.3) is 0 Å². The van der Waals surface area contributed by atoms with Crippen LogP contribution in [0.1, 0.15) is 12.8 Å². The highest BCUT2D eigenvalue weighted by atomic mass is 35.5. The first kappa shape index (κ1) is 16.8. The molecular weight excluding hydrogens is 320 g/mol. The summed E-state index contributed by atoms with van der Waals surface area (Å²) in [6.45, 7) is 1.73. The first-order valence-electron chi connectivity index (χ1n) is 6.82. The van der Waals surface area contributed by atoms with Crippen LogP contribution in [0, 0.1) is 5.82 Å². The van der Waals surface area contributed by atoms with Crippen LogP contribution in [0.25, 0.3) is 0 Å². The zero-order chi connectivity index (χ0) is 15.2. The lowest BCUT2D eigenvalue weighted by atomic mass is 10.2. The van der Waals surface area contributed by atoms with Crippen LogP contribution in [0.15, 0.2) is 12.1 Å². The van der Waals surface area contributed by atoms with Gasteiger partial charge in [0.1, 0.15) is 0 Å². The van der Waals surface area contributed by atoms with Gasteiger partial charge in [0.05, 0.1) is 35.5 Å². The van der Waals surface area contributed by atoms with Crippen molar-refractivity contribution in [1.82, 2.24) is 0 Å². The third-order valence-corrected chi connectivity index (χ3v) is 3.71. The minimum atomic E-state index is -0.686. The van der Waals surface area contributed by atoms with Gasteiger partial charge in [-0.25, -0.2) is 4.39 Å². The van der Waals surface area contributed by atoms with Gasteiger partial charge in [-0.15, -0.1) is 0 Å². The predicted molar refractivity (Wildman–Crippen MR) is 80.7 cm³/mol. The van der Waals surface area contributed by atoms with Gasteiger partial charge in [-0.3, -0.25) is 0 Å². The number of benzene rings is 1. The number of aliphatic hydroxyl groups excluding tert-OH is 1. The van der Waals surface area contributed by atoms with Crippen molar-refractivity contribution >= 4 is 28.9 Å². The van der Waals surface area contributed by atoms with Gasteiger partial charge < -0.3 is 19.9 Å². The smallest absolute Gasteiger partial charge is 0.160 e. The molecule has 2 atom stereocenters. The molecule has 1 saturated heterocycles. The van der Waals surface area contributed by atoms with E-state index in [4.69, 9.17) is 32.7 Å². The Morgan fingerprint density at radius 2 is 2.14 bits per heavy atom. The van der Waals surface area contributed by atoms with E-state index in [1.165, 1.54) is 12.1 Å². The number of anilines is 1. The predicted octanol–water partition coefficient (Wildman–Crippen LogP) is 3.10. The molecule has 0 aliphatic carbocycles. The molecule has 1 aromatic carbocycles. The maximum atomic E-state index is 13.3. The average Bonchev–Trinajstić information content (AvgIpc) is 2.95. The van der Waals surface area contributed by atoms with Crippen LogP contribution in [0.4, 0.5) is 10.1 Å². The highest BCUT2D eigenvalue weighted by Crippen LogP contribution is 2.27. The van der Waals surface area contributed by atoms with Crippen molar-refractivity contribution in [2.75, 3.05) is 31.7 Å². The number of hydrogen-bond donors (Lipinski definition) is 2. The van der Waals surface area contributed by atoms with Crippen molar-refractivity contribution < 1.29 is 19.0 Å². The molecule has 0 amide bonds. The quantitative estimate of drug-likeness (QED) is 0.750. The van der Waals surface area contributed by atoms with Crippen LogP contribution < -0.4 is 5.32 Å². The van der Waals surface area contributed by atoms with E-state index in [2.05, 4.69) is 5.32 Å². The van der Waals surface area contributed by atoms with E-state index in [9.17, 15) is 9.50 Å². The van der Waals surface area contributed by atoms with Crippen LogP contribution >= 0.6 is 23.2 Å². The molecule has 2 rings (SSSR count). The van der Waals surface area contributed by atoms with E-state index in [-0.39, 0.29) is 29.3 Å². The van der Waals surface area contributed by atoms with Crippen LogP contribution in [0.5, 0.6) is 0 Å². The SMILES string of the molecule is OC(CNc1cc(Cl)c(F)c(Cl)c1)COCC1CCCO1. The van der Waals surface area contributed by atoms with Gasteiger partial charge in [-0.05, 0) is 25.0 Å².